The quantitative estimate of drug-likeness (QED) is 0.815. The number of amides is 1. The van der Waals surface area contributed by atoms with E-state index in [1.54, 1.807) is 0 Å². The second kappa shape index (κ2) is 6.84. The van der Waals surface area contributed by atoms with Crippen LogP contribution in [0.25, 0.3) is 0 Å². The van der Waals surface area contributed by atoms with Crippen molar-refractivity contribution in [3.63, 3.8) is 0 Å². The van der Waals surface area contributed by atoms with Crippen LogP contribution >= 0.6 is 15.9 Å². The highest BCUT2D eigenvalue weighted by atomic mass is 79.9. The average Bonchev–Trinajstić information content (AvgIpc) is 2.62. The van der Waals surface area contributed by atoms with Crippen LogP contribution in [0.2, 0.25) is 0 Å². The van der Waals surface area contributed by atoms with Crippen molar-refractivity contribution in [2.75, 3.05) is 31.1 Å². The molecule has 1 amide bonds. The fourth-order valence-electron chi connectivity index (χ4n) is 2.77. The molecule has 0 spiro atoms. The Bertz CT molecular complexity index is 744. The number of hydrogen-bond donors (Lipinski definition) is 0. The summed E-state index contributed by atoms with van der Waals surface area (Å²) >= 11 is 3.38. The first kappa shape index (κ1) is 15.6. The van der Waals surface area contributed by atoms with E-state index in [1.165, 1.54) is 0 Å². The molecule has 1 fully saturated rings. The fourth-order valence-corrected chi connectivity index (χ4v) is 3.03. The van der Waals surface area contributed by atoms with E-state index in [0.717, 1.165) is 23.2 Å². The first-order chi connectivity index (χ1) is 11.2. The number of halogens is 1. The van der Waals surface area contributed by atoms with Gasteiger partial charge in [-0.15, -0.1) is 0 Å². The molecule has 0 N–H and O–H groups in total. The van der Waals surface area contributed by atoms with Crippen molar-refractivity contribution in [3.05, 3.63) is 64.1 Å². The molecule has 4 nitrogen and oxygen atoms in total. The Morgan fingerprint density at radius 1 is 1.00 bits per heavy atom. The first-order valence-corrected chi connectivity index (χ1v) is 8.27. The predicted octanol–water partition coefficient (Wildman–Crippen LogP) is 3.28. The number of carbonyl (C=O) groups excluding carboxylic acids is 1. The minimum absolute atomic E-state index is 0.0609. The molecule has 23 heavy (non-hydrogen) atoms. The number of hydrogen-bond acceptors (Lipinski definition) is 3. The molecule has 1 aliphatic heterocycles. The minimum Gasteiger partial charge on any atom is -0.367 e. The number of anilines is 1. The molecule has 0 unspecified atom stereocenters. The fraction of sp³-hybridized carbons (Fsp3) is 0.222. The summed E-state index contributed by atoms with van der Waals surface area (Å²) in [7, 11) is 0. The van der Waals surface area contributed by atoms with Crippen molar-refractivity contribution in [1.29, 1.82) is 5.26 Å². The van der Waals surface area contributed by atoms with Crippen molar-refractivity contribution in [1.82, 2.24) is 4.90 Å². The summed E-state index contributed by atoms with van der Waals surface area (Å²) in [6.45, 7) is 2.80. The summed E-state index contributed by atoms with van der Waals surface area (Å²) in [6, 6.07) is 17.3. The van der Waals surface area contributed by atoms with Crippen LogP contribution in [0.5, 0.6) is 0 Å². The summed E-state index contributed by atoms with van der Waals surface area (Å²) in [5.41, 5.74) is 2.34. The molecule has 0 saturated carbocycles. The maximum absolute atomic E-state index is 12.5. The smallest absolute Gasteiger partial charge is 0.253 e. The van der Waals surface area contributed by atoms with Crippen molar-refractivity contribution in [3.8, 4) is 6.07 Å². The standard InChI is InChI=1S/C18H16BrN3O/c19-16-7-5-14(6-8-16)18(23)22-11-9-21(10-12-22)17-4-2-1-3-15(17)13-20/h1-8H,9-12H2. The van der Waals surface area contributed by atoms with Crippen molar-refractivity contribution >= 4 is 27.5 Å². The van der Waals surface area contributed by atoms with Gasteiger partial charge >= 0.3 is 0 Å². The average molecular weight is 370 g/mol. The lowest BCUT2D eigenvalue weighted by Gasteiger charge is -2.36. The highest BCUT2D eigenvalue weighted by Gasteiger charge is 2.23. The van der Waals surface area contributed by atoms with E-state index >= 15 is 0 Å². The van der Waals surface area contributed by atoms with Gasteiger partial charge in [-0.2, -0.15) is 5.26 Å². The molecule has 5 heteroatoms. The molecule has 1 heterocycles. The van der Waals surface area contributed by atoms with Gasteiger partial charge in [0.1, 0.15) is 6.07 Å². The van der Waals surface area contributed by atoms with Crippen molar-refractivity contribution in [2.45, 2.75) is 0 Å². The Morgan fingerprint density at radius 3 is 2.30 bits per heavy atom. The molecule has 0 atom stereocenters. The Hall–Kier alpha value is -2.32. The van der Waals surface area contributed by atoms with E-state index in [2.05, 4.69) is 26.9 Å². The van der Waals surface area contributed by atoms with Crippen molar-refractivity contribution in [2.24, 2.45) is 0 Å². The number of para-hydroxylation sites is 1. The Morgan fingerprint density at radius 2 is 1.65 bits per heavy atom. The molecule has 1 saturated heterocycles. The number of nitriles is 1. The number of nitrogens with zero attached hydrogens (tertiary/aromatic N) is 3. The van der Waals surface area contributed by atoms with E-state index < -0.39 is 0 Å². The molecule has 2 aromatic rings. The third-order valence-electron chi connectivity index (χ3n) is 4.02. The van der Waals surface area contributed by atoms with Crippen LogP contribution in [0.15, 0.2) is 53.0 Å². The Labute approximate surface area is 144 Å². The molecule has 116 valence electrons. The van der Waals surface area contributed by atoms with Gasteiger partial charge in [-0.3, -0.25) is 4.79 Å². The molecule has 2 aromatic carbocycles. The lowest BCUT2D eigenvalue weighted by molar-refractivity contribution is 0.0747. The van der Waals surface area contributed by atoms with Crippen LogP contribution in [-0.2, 0) is 0 Å². The minimum atomic E-state index is 0.0609. The van der Waals surface area contributed by atoms with Crippen molar-refractivity contribution < 1.29 is 4.79 Å². The van der Waals surface area contributed by atoms with Gasteiger partial charge < -0.3 is 9.80 Å². The summed E-state index contributed by atoms with van der Waals surface area (Å²) in [5, 5.41) is 9.22. The van der Waals surface area contributed by atoms with E-state index in [-0.39, 0.29) is 5.91 Å². The number of rotatable bonds is 2. The van der Waals surface area contributed by atoms with Crippen LogP contribution in [-0.4, -0.2) is 37.0 Å². The van der Waals surface area contributed by atoms with E-state index in [9.17, 15) is 10.1 Å². The van der Waals surface area contributed by atoms with Gasteiger partial charge in [0.25, 0.3) is 5.91 Å². The second-order valence-corrected chi connectivity index (χ2v) is 6.33. The zero-order valence-electron chi connectivity index (χ0n) is 12.6. The highest BCUT2D eigenvalue weighted by molar-refractivity contribution is 9.10. The summed E-state index contributed by atoms with van der Waals surface area (Å²) in [6.07, 6.45) is 0. The number of carbonyl (C=O) groups is 1. The summed E-state index contributed by atoms with van der Waals surface area (Å²) in [5.74, 6) is 0.0609. The van der Waals surface area contributed by atoms with Crippen LogP contribution in [0.1, 0.15) is 15.9 Å². The molecular weight excluding hydrogens is 354 g/mol. The predicted molar refractivity (Wildman–Crippen MR) is 93.4 cm³/mol. The Kier molecular flexibility index (Phi) is 4.63. The lowest BCUT2D eigenvalue weighted by atomic mass is 10.1. The summed E-state index contributed by atoms with van der Waals surface area (Å²) < 4.78 is 0.965. The maximum atomic E-state index is 12.5. The van der Waals surface area contributed by atoms with Gasteiger partial charge in [-0.25, -0.2) is 0 Å². The van der Waals surface area contributed by atoms with Crippen LogP contribution in [0, 0.1) is 11.3 Å². The zero-order chi connectivity index (χ0) is 16.2. The SMILES string of the molecule is N#Cc1ccccc1N1CCN(C(=O)c2ccc(Br)cc2)CC1. The molecule has 0 aromatic heterocycles. The topological polar surface area (TPSA) is 47.3 Å². The normalized spacial score (nSPS) is 14.4. The molecule has 0 aliphatic carbocycles. The van der Waals surface area contributed by atoms with E-state index in [0.29, 0.717) is 24.2 Å². The van der Waals surface area contributed by atoms with Gasteiger partial charge in [0.15, 0.2) is 0 Å². The van der Waals surface area contributed by atoms with Crippen LogP contribution < -0.4 is 4.90 Å². The molecule has 0 radical (unpaired) electrons. The van der Waals surface area contributed by atoms with Gasteiger partial charge in [0.05, 0.1) is 11.3 Å². The Balaban J connectivity index is 1.68. The second-order valence-electron chi connectivity index (χ2n) is 5.42. The van der Waals surface area contributed by atoms with Gasteiger partial charge in [-0.05, 0) is 36.4 Å². The third-order valence-corrected chi connectivity index (χ3v) is 4.55. The molecule has 3 rings (SSSR count). The first-order valence-electron chi connectivity index (χ1n) is 7.48. The highest BCUT2D eigenvalue weighted by Crippen LogP contribution is 2.21. The lowest BCUT2D eigenvalue weighted by Crippen LogP contribution is -2.49. The van der Waals surface area contributed by atoms with Gasteiger partial charge in [0, 0.05) is 36.2 Å². The van der Waals surface area contributed by atoms with Gasteiger partial charge in [-0.1, -0.05) is 28.1 Å². The van der Waals surface area contributed by atoms with Crippen LogP contribution in [0.4, 0.5) is 5.69 Å². The zero-order valence-corrected chi connectivity index (χ0v) is 14.2. The van der Waals surface area contributed by atoms with Gasteiger partial charge in [0.2, 0.25) is 0 Å². The van der Waals surface area contributed by atoms with Crippen LogP contribution in [0.3, 0.4) is 0 Å². The monoisotopic (exact) mass is 369 g/mol. The third kappa shape index (κ3) is 3.38. The van der Waals surface area contributed by atoms with E-state index in [4.69, 9.17) is 0 Å². The summed E-state index contributed by atoms with van der Waals surface area (Å²) in [4.78, 5) is 16.6. The number of benzene rings is 2. The molecule has 1 aliphatic rings. The largest absolute Gasteiger partial charge is 0.367 e. The van der Waals surface area contributed by atoms with E-state index in [1.807, 2.05) is 53.4 Å². The molecule has 0 bridgehead atoms. The number of piperazine rings is 1. The maximum Gasteiger partial charge on any atom is 0.253 e. The molecular formula is C18H16BrN3O.